The van der Waals surface area contributed by atoms with Gasteiger partial charge >= 0.3 is 0 Å². The molecule has 0 aliphatic rings. The van der Waals surface area contributed by atoms with Gasteiger partial charge in [0.05, 0.1) is 13.2 Å². The van der Waals surface area contributed by atoms with E-state index >= 15 is 0 Å². The normalized spacial score (nSPS) is 14.7. The number of aliphatic hydroxyl groups is 2. The molecule has 0 heterocycles. The Hall–Kier alpha value is -0.160. The highest BCUT2D eigenvalue weighted by Gasteiger charge is 2.22. The fourth-order valence-electron chi connectivity index (χ4n) is 4.70. The van der Waals surface area contributed by atoms with Crippen LogP contribution in [0.3, 0.4) is 0 Å². The van der Waals surface area contributed by atoms with Crippen molar-refractivity contribution in [2.45, 2.75) is 193 Å². The summed E-state index contributed by atoms with van der Waals surface area (Å²) in [5.41, 5.74) is 11.4. The first-order chi connectivity index (χ1) is 17.3. The van der Waals surface area contributed by atoms with Crippen LogP contribution < -0.4 is 11.5 Å². The van der Waals surface area contributed by atoms with Gasteiger partial charge < -0.3 is 21.7 Å². The average Bonchev–Trinajstić information content (AvgIpc) is 2.88. The van der Waals surface area contributed by atoms with Crippen molar-refractivity contribution in [1.29, 1.82) is 0 Å². The fraction of sp³-hybridized carbons (Fsp3) is 1.00. The molecule has 4 nitrogen and oxygen atoms in total. The first-order valence-electron chi connectivity index (χ1n) is 16.1. The van der Waals surface area contributed by atoms with Crippen LogP contribution in [0, 0.1) is 0 Å². The number of hydrogen-bond donors (Lipinski definition) is 4. The molecule has 0 aliphatic carbocycles. The fourth-order valence-corrected chi connectivity index (χ4v) is 4.70. The van der Waals surface area contributed by atoms with E-state index < -0.39 is 0 Å². The summed E-state index contributed by atoms with van der Waals surface area (Å²) >= 11 is 0. The monoisotopic (exact) mass is 515 g/mol. The molecule has 0 aromatic rings. The van der Waals surface area contributed by atoms with Gasteiger partial charge in [-0.25, -0.2) is 0 Å². The molecule has 0 aromatic heterocycles. The summed E-state index contributed by atoms with van der Waals surface area (Å²) in [7, 11) is 0. The molecule has 2 atom stereocenters. The summed E-state index contributed by atoms with van der Waals surface area (Å²) < 4.78 is 0. The molecule has 0 bridgehead atoms. The molecule has 0 rings (SSSR count). The number of nitrogens with two attached hydrogens (primary N) is 2. The van der Waals surface area contributed by atoms with E-state index in [9.17, 15) is 5.11 Å². The summed E-state index contributed by atoms with van der Waals surface area (Å²) in [6, 6.07) is 0. The topological polar surface area (TPSA) is 92.5 Å². The van der Waals surface area contributed by atoms with Gasteiger partial charge in [0.25, 0.3) is 0 Å². The third-order valence-electron chi connectivity index (χ3n) is 7.58. The maximum absolute atomic E-state index is 9.33. The first kappa shape index (κ1) is 38.0. The molecular formula is C32H70N2O2. The molecule has 0 saturated heterocycles. The Morgan fingerprint density at radius 1 is 0.417 bits per heavy atom. The molecular weight excluding hydrogens is 444 g/mol. The van der Waals surface area contributed by atoms with Crippen LogP contribution in [0.2, 0.25) is 0 Å². The minimum absolute atomic E-state index is 0.102. The van der Waals surface area contributed by atoms with Gasteiger partial charge in [0.2, 0.25) is 0 Å². The predicted molar refractivity (Wildman–Crippen MR) is 162 cm³/mol. The van der Waals surface area contributed by atoms with Crippen LogP contribution in [-0.4, -0.2) is 34.5 Å². The smallest absolute Gasteiger partial charge is 0.0611 e. The highest BCUT2D eigenvalue weighted by Crippen LogP contribution is 2.20. The van der Waals surface area contributed by atoms with Crippen molar-refractivity contribution < 1.29 is 10.2 Å². The van der Waals surface area contributed by atoms with Gasteiger partial charge in [0.15, 0.2) is 0 Å². The summed E-state index contributed by atoms with van der Waals surface area (Å²) in [4.78, 5) is 0. The Morgan fingerprint density at radius 3 is 1.06 bits per heavy atom. The van der Waals surface area contributed by atoms with Gasteiger partial charge in [-0.05, 0) is 26.2 Å². The lowest BCUT2D eigenvalue weighted by Crippen LogP contribution is -2.43. The van der Waals surface area contributed by atoms with Crippen LogP contribution in [0.1, 0.15) is 182 Å². The van der Waals surface area contributed by atoms with E-state index in [2.05, 4.69) is 20.8 Å². The van der Waals surface area contributed by atoms with E-state index in [1.54, 1.807) is 0 Å². The molecule has 0 saturated carbocycles. The van der Waals surface area contributed by atoms with Gasteiger partial charge in [-0.2, -0.15) is 0 Å². The quantitative estimate of drug-likeness (QED) is 0.0867. The van der Waals surface area contributed by atoms with Crippen LogP contribution in [0.15, 0.2) is 0 Å². The second-order valence-electron chi connectivity index (χ2n) is 11.9. The molecule has 6 N–H and O–H groups in total. The highest BCUT2D eigenvalue weighted by molar-refractivity contribution is 4.82. The Kier molecular flexibility index (Phi) is 29.4. The van der Waals surface area contributed by atoms with E-state index in [1.807, 2.05) is 6.92 Å². The third kappa shape index (κ3) is 28.4. The Balaban J connectivity index is 0. The van der Waals surface area contributed by atoms with Gasteiger partial charge in [-0.1, -0.05) is 156 Å². The van der Waals surface area contributed by atoms with Crippen molar-refractivity contribution in [1.82, 2.24) is 0 Å². The van der Waals surface area contributed by atoms with Crippen LogP contribution in [-0.2, 0) is 0 Å². The molecule has 0 spiro atoms. The van der Waals surface area contributed by atoms with E-state index in [4.69, 9.17) is 16.6 Å². The van der Waals surface area contributed by atoms with Gasteiger partial charge in [0.1, 0.15) is 0 Å². The largest absolute Gasteiger partial charge is 0.394 e. The van der Waals surface area contributed by atoms with Crippen molar-refractivity contribution in [2.24, 2.45) is 11.5 Å². The SMILES string of the molecule is CCCCCCCCC(N)(CO)CCCC.CCCCCCCCCCCCCCCC(C)(N)CO. The zero-order valence-corrected chi connectivity index (χ0v) is 25.4. The van der Waals surface area contributed by atoms with Crippen molar-refractivity contribution in [2.75, 3.05) is 13.2 Å². The third-order valence-corrected chi connectivity index (χ3v) is 7.58. The lowest BCUT2D eigenvalue weighted by atomic mass is 9.88. The Labute approximate surface area is 227 Å². The van der Waals surface area contributed by atoms with Crippen LogP contribution in [0.25, 0.3) is 0 Å². The first-order valence-corrected chi connectivity index (χ1v) is 16.1. The predicted octanol–water partition coefficient (Wildman–Crippen LogP) is 8.79. The number of unbranched alkanes of at least 4 members (excludes halogenated alkanes) is 18. The van der Waals surface area contributed by atoms with E-state index in [1.165, 1.54) is 116 Å². The minimum Gasteiger partial charge on any atom is -0.394 e. The second kappa shape index (κ2) is 27.9. The summed E-state index contributed by atoms with van der Waals surface area (Å²) in [6.07, 6.45) is 30.8. The maximum atomic E-state index is 9.33. The summed E-state index contributed by atoms with van der Waals surface area (Å²) in [5.74, 6) is 0. The molecule has 2 unspecified atom stereocenters. The maximum Gasteiger partial charge on any atom is 0.0611 e. The molecule has 0 aliphatic heterocycles. The van der Waals surface area contributed by atoms with Crippen molar-refractivity contribution >= 4 is 0 Å². The van der Waals surface area contributed by atoms with Gasteiger partial charge in [0, 0.05) is 11.1 Å². The average molecular weight is 515 g/mol. The van der Waals surface area contributed by atoms with Gasteiger partial charge in [-0.3, -0.25) is 0 Å². The van der Waals surface area contributed by atoms with Crippen LogP contribution >= 0.6 is 0 Å². The molecule has 36 heavy (non-hydrogen) atoms. The second-order valence-corrected chi connectivity index (χ2v) is 11.9. The van der Waals surface area contributed by atoms with E-state index in [0.717, 1.165) is 38.5 Å². The molecule has 220 valence electrons. The minimum atomic E-state index is -0.363. The Morgan fingerprint density at radius 2 is 0.722 bits per heavy atom. The summed E-state index contributed by atoms with van der Waals surface area (Å²) in [6.45, 7) is 8.86. The number of rotatable bonds is 26. The van der Waals surface area contributed by atoms with E-state index in [-0.39, 0.29) is 24.3 Å². The van der Waals surface area contributed by atoms with Crippen molar-refractivity contribution in [3.05, 3.63) is 0 Å². The number of hydrogen-bond acceptors (Lipinski definition) is 4. The summed E-state index contributed by atoms with van der Waals surface area (Å²) in [5, 5.41) is 18.4. The zero-order chi connectivity index (χ0) is 27.4. The van der Waals surface area contributed by atoms with E-state index in [0.29, 0.717) is 0 Å². The van der Waals surface area contributed by atoms with Crippen molar-refractivity contribution in [3.8, 4) is 0 Å². The number of aliphatic hydroxyl groups excluding tert-OH is 2. The van der Waals surface area contributed by atoms with Gasteiger partial charge in [-0.15, -0.1) is 0 Å². The molecule has 0 radical (unpaired) electrons. The standard InChI is InChI=1S/C18H39NO.C14H31NO/c1-3-4-5-6-7-8-9-10-11-12-13-14-15-16-18(2,19)17-20;1-3-5-7-8-9-10-12-14(15,13-16)11-6-4-2/h20H,3-17,19H2,1-2H3;16H,3-13,15H2,1-2H3. The molecule has 0 fully saturated rings. The highest BCUT2D eigenvalue weighted by atomic mass is 16.3. The zero-order valence-electron chi connectivity index (χ0n) is 25.4. The lowest BCUT2D eigenvalue weighted by molar-refractivity contribution is 0.172. The van der Waals surface area contributed by atoms with Crippen LogP contribution in [0.4, 0.5) is 0 Å². The molecule has 0 aromatic carbocycles. The van der Waals surface area contributed by atoms with Crippen molar-refractivity contribution in [3.63, 3.8) is 0 Å². The Bertz CT molecular complexity index is 417. The lowest BCUT2D eigenvalue weighted by Gasteiger charge is -2.27. The van der Waals surface area contributed by atoms with Crippen LogP contribution in [0.5, 0.6) is 0 Å². The molecule has 0 amide bonds. The molecule has 4 heteroatoms.